The minimum atomic E-state index is 0.181. The van der Waals surface area contributed by atoms with Gasteiger partial charge in [0.15, 0.2) is 0 Å². The quantitative estimate of drug-likeness (QED) is 0.619. The number of benzene rings is 2. The van der Waals surface area contributed by atoms with Crippen molar-refractivity contribution in [2.45, 2.75) is 0 Å². The summed E-state index contributed by atoms with van der Waals surface area (Å²) in [6.07, 6.45) is 0. The van der Waals surface area contributed by atoms with E-state index in [9.17, 15) is 0 Å². The zero-order chi connectivity index (χ0) is 15.0. The highest BCUT2D eigenvalue weighted by atomic mass is 79.9. The molecule has 0 unspecified atom stereocenters. The Labute approximate surface area is 139 Å². The predicted octanol–water partition coefficient (Wildman–Crippen LogP) is 5.68. The third-order valence-corrected chi connectivity index (χ3v) is 3.98. The molecule has 1 aromatic heterocycles. The van der Waals surface area contributed by atoms with Crippen LogP contribution >= 0.6 is 39.1 Å². The first-order chi connectivity index (χ1) is 10.0. The maximum absolute atomic E-state index is 6.06. The van der Waals surface area contributed by atoms with Crippen molar-refractivity contribution in [2.24, 2.45) is 0 Å². The number of ether oxygens (including phenoxy) is 1. The largest absolute Gasteiger partial charge is 0.437 e. The molecule has 0 radical (unpaired) electrons. The minimum absolute atomic E-state index is 0.181. The van der Waals surface area contributed by atoms with Crippen molar-refractivity contribution < 1.29 is 4.74 Å². The lowest BCUT2D eigenvalue weighted by Gasteiger charge is -2.09. The molecule has 2 N–H and O–H groups in total. The lowest BCUT2D eigenvalue weighted by Crippen LogP contribution is -1.95. The van der Waals surface area contributed by atoms with Crippen molar-refractivity contribution >= 4 is 55.7 Å². The Morgan fingerprint density at radius 2 is 1.67 bits per heavy atom. The van der Waals surface area contributed by atoms with Crippen LogP contribution in [0, 0.1) is 0 Å². The maximum atomic E-state index is 6.06. The smallest absolute Gasteiger partial charge is 0.240 e. The van der Waals surface area contributed by atoms with Gasteiger partial charge in [0.25, 0.3) is 0 Å². The molecule has 106 valence electrons. The van der Waals surface area contributed by atoms with Gasteiger partial charge in [0.05, 0.1) is 5.02 Å². The molecule has 3 rings (SSSR count). The van der Waals surface area contributed by atoms with Gasteiger partial charge in [-0.25, -0.2) is 0 Å². The van der Waals surface area contributed by atoms with Gasteiger partial charge in [0, 0.05) is 4.47 Å². The highest BCUT2D eigenvalue weighted by Gasteiger charge is 2.09. The number of aromatic nitrogens is 1. The summed E-state index contributed by atoms with van der Waals surface area (Å²) in [7, 11) is 0. The molecule has 2 aromatic carbocycles. The molecule has 0 atom stereocenters. The van der Waals surface area contributed by atoms with Crippen LogP contribution in [0.1, 0.15) is 0 Å². The van der Waals surface area contributed by atoms with Crippen LogP contribution in [0.15, 0.2) is 46.9 Å². The van der Waals surface area contributed by atoms with E-state index in [1.807, 2.05) is 36.4 Å². The van der Waals surface area contributed by atoms with Gasteiger partial charge in [-0.05, 0) is 41.1 Å². The monoisotopic (exact) mass is 382 g/mol. The Morgan fingerprint density at radius 3 is 2.48 bits per heavy atom. The number of hydrogen-bond acceptors (Lipinski definition) is 3. The average Bonchev–Trinajstić information content (AvgIpc) is 2.45. The highest BCUT2D eigenvalue weighted by molar-refractivity contribution is 9.10. The fourth-order valence-electron chi connectivity index (χ4n) is 1.90. The molecule has 0 bridgehead atoms. The van der Waals surface area contributed by atoms with Crippen molar-refractivity contribution in [3.8, 4) is 11.6 Å². The standard InChI is InChI=1S/C15H9BrCl2N2O/c16-10-3-1-9-6-11(4-2-8(9)5-10)21-15-13(18)7-12(17)14(19)20-15/h1-7H,(H2,19,20). The summed E-state index contributed by atoms with van der Waals surface area (Å²) in [5.41, 5.74) is 5.66. The second-order valence-electron chi connectivity index (χ2n) is 4.40. The van der Waals surface area contributed by atoms with Crippen LogP contribution < -0.4 is 10.5 Å². The fourth-order valence-corrected chi connectivity index (χ4v) is 2.68. The average molecular weight is 384 g/mol. The first-order valence-electron chi connectivity index (χ1n) is 6.01. The summed E-state index contributed by atoms with van der Waals surface area (Å²) < 4.78 is 6.72. The molecule has 0 aliphatic heterocycles. The molecule has 0 aliphatic carbocycles. The lowest BCUT2D eigenvalue weighted by molar-refractivity contribution is 0.465. The van der Waals surface area contributed by atoms with E-state index in [-0.39, 0.29) is 11.7 Å². The van der Waals surface area contributed by atoms with Gasteiger partial charge < -0.3 is 10.5 Å². The molecule has 0 spiro atoms. The van der Waals surface area contributed by atoms with Crippen LogP contribution in [0.5, 0.6) is 11.6 Å². The first kappa shape index (κ1) is 14.4. The second kappa shape index (κ2) is 5.72. The lowest BCUT2D eigenvalue weighted by atomic mass is 10.1. The fraction of sp³-hybridized carbons (Fsp3) is 0. The SMILES string of the molecule is Nc1nc(Oc2ccc3cc(Br)ccc3c2)c(Cl)cc1Cl. The number of anilines is 1. The number of fused-ring (bicyclic) bond motifs is 1. The van der Waals surface area contributed by atoms with Crippen molar-refractivity contribution in [3.05, 3.63) is 57.0 Å². The van der Waals surface area contributed by atoms with Gasteiger partial charge in [0.1, 0.15) is 16.6 Å². The van der Waals surface area contributed by atoms with Crippen LogP contribution in [0.2, 0.25) is 10.0 Å². The van der Waals surface area contributed by atoms with Crippen LogP contribution in [0.25, 0.3) is 10.8 Å². The van der Waals surface area contributed by atoms with Crippen LogP contribution in [-0.2, 0) is 0 Å². The van der Waals surface area contributed by atoms with E-state index in [0.29, 0.717) is 15.8 Å². The van der Waals surface area contributed by atoms with Gasteiger partial charge in [-0.3, -0.25) is 0 Å². The van der Waals surface area contributed by atoms with Crippen LogP contribution in [0.4, 0.5) is 5.82 Å². The summed E-state index contributed by atoms with van der Waals surface area (Å²) in [4.78, 5) is 4.05. The molecule has 0 fully saturated rings. The van der Waals surface area contributed by atoms with E-state index in [1.54, 1.807) is 0 Å². The number of rotatable bonds is 2. The summed E-state index contributed by atoms with van der Waals surface area (Å²) in [6.45, 7) is 0. The Bertz CT molecular complexity index is 839. The van der Waals surface area contributed by atoms with Crippen molar-refractivity contribution in [3.63, 3.8) is 0 Å². The third kappa shape index (κ3) is 3.07. The molecular weight excluding hydrogens is 375 g/mol. The first-order valence-corrected chi connectivity index (χ1v) is 7.56. The molecule has 3 aromatic rings. The summed E-state index contributed by atoms with van der Waals surface area (Å²) in [5, 5.41) is 2.76. The van der Waals surface area contributed by atoms with Gasteiger partial charge in [-0.2, -0.15) is 4.98 Å². The maximum Gasteiger partial charge on any atom is 0.240 e. The normalized spacial score (nSPS) is 10.8. The van der Waals surface area contributed by atoms with E-state index in [0.717, 1.165) is 15.2 Å². The third-order valence-electron chi connectivity index (χ3n) is 2.91. The van der Waals surface area contributed by atoms with Gasteiger partial charge in [-0.1, -0.05) is 51.3 Å². The number of nitrogens with two attached hydrogens (primary N) is 1. The van der Waals surface area contributed by atoms with Crippen molar-refractivity contribution in [1.29, 1.82) is 0 Å². The van der Waals surface area contributed by atoms with E-state index < -0.39 is 0 Å². The molecule has 0 saturated carbocycles. The molecule has 0 amide bonds. The number of nitrogen functional groups attached to an aromatic ring is 1. The molecular formula is C15H9BrCl2N2O. The topological polar surface area (TPSA) is 48.1 Å². The minimum Gasteiger partial charge on any atom is -0.437 e. The molecule has 21 heavy (non-hydrogen) atoms. The van der Waals surface area contributed by atoms with E-state index >= 15 is 0 Å². The van der Waals surface area contributed by atoms with Gasteiger partial charge in [0.2, 0.25) is 5.88 Å². The number of hydrogen-bond donors (Lipinski definition) is 1. The second-order valence-corrected chi connectivity index (χ2v) is 6.13. The molecule has 0 saturated heterocycles. The molecule has 3 nitrogen and oxygen atoms in total. The molecule has 6 heteroatoms. The van der Waals surface area contributed by atoms with E-state index in [4.69, 9.17) is 33.7 Å². The van der Waals surface area contributed by atoms with E-state index in [1.165, 1.54) is 6.07 Å². The summed E-state index contributed by atoms with van der Waals surface area (Å²) in [5.74, 6) is 1.04. The van der Waals surface area contributed by atoms with Gasteiger partial charge in [-0.15, -0.1) is 0 Å². The summed E-state index contributed by atoms with van der Waals surface area (Å²) in [6, 6.07) is 13.2. The molecule has 0 aliphatic rings. The number of pyridine rings is 1. The number of halogens is 3. The summed E-state index contributed by atoms with van der Waals surface area (Å²) >= 11 is 15.4. The Balaban J connectivity index is 1.98. The Hall–Kier alpha value is -1.49. The Kier molecular flexibility index (Phi) is 3.93. The van der Waals surface area contributed by atoms with Crippen LogP contribution in [-0.4, -0.2) is 4.98 Å². The predicted molar refractivity (Wildman–Crippen MR) is 90.4 cm³/mol. The zero-order valence-corrected chi connectivity index (χ0v) is 13.7. The number of nitrogens with zero attached hydrogens (tertiary/aromatic N) is 1. The van der Waals surface area contributed by atoms with Gasteiger partial charge >= 0.3 is 0 Å². The Morgan fingerprint density at radius 1 is 0.952 bits per heavy atom. The zero-order valence-electron chi connectivity index (χ0n) is 10.6. The van der Waals surface area contributed by atoms with Crippen molar-refractivity contribution in [1.82, 2.24) is 4.98 Å². The van der Waals surface area contributed by atoms with Crippen molar-refractivity contribution in [2.75, 3.05) is 5.73 Å². The van der Waals surface area contributed by atoms with E-state index in [2.05, 4.69) is 20.9 Å². The highest BCUT2D eigenvalue weighted by Crippen LogP contribution is 2.33. The molecule has 1 heterocycles. The van der Waals surface area contributed by atoms with Crippen LogP contribution in [0.3, 0.4) is 0 Å².